The maximum atomic E-state index is 12.0. The number of rotatable bonds is 5. The second-order valence-corrected chi connectivity index (χ2v) is 5.81. The van der Waals surface area contributed by atoms with Gasteiger partial charge in [0.25, 0.3) is 5.91 Å². The molecule has 0 aliphatic heterocycles. The Labute approximate surface area is 145 Å². The van der Waals surface area contributed by atoms with Crippen LogP contribution in [0.1, 0.15) is 18.1 Å². The van der Waals surface area contributed by atoms with E-state index in [-0.39, 0.29) is 12.5 Å². The highest BCUT2D eigenvalue weighted by Gasteiger charge is 2.08. The van der Waals surface area contributed by atoms with Crippen LogP contribution < -0.4 is 15.7 Å². The summed E-state index contributed by atoms with van der Waals surface area (Å²) in [5.74, 6) is 0.218. The molecule has 128 valence electrons. The van der Waals surface area contributed by atoms with E-state index in [2.05, 4.69) is 5.32 Å². The highest BCUT2D eigenvalue weighted by molar-refractivity contribution is 5.92. The molecule has 0 aliphatic carbocycles. The summed E-state index contributed by atoms with van der Waals surface area (Å²) in [5.41, 5.74) is 2.84. The van der Waals surface area contributed by atoms with Crippen molar-refractivity contribution >= 4 is 22.6 Å². The Hall–Kier alpha value is -3.08. The first-order chi connectivity index (χ1) is 12.0. The van der Waals surface area contributed by atoms with Crippen molar-refractivity contribution in [1.82, 2.24) is 0 Å². The van der Waals surface area contributed by atoms with E-state index in [1.165, 1.54) is 6.07 Å². The molecule has 1 amide bonds. The van der Waals surface area contributed by atoms with Crippen LogP contribution in [0.25, 0.3) is 11.0 Å². The lowest BCUT2D eigenvalue weighted by molar-refractivity contribution is -0.118. The molecular formula is C20H19NO4. The van der Waals surface area contributed by atoms with Crippen molar-refractivity contribution in [1.29, 1.82) is 0 Å². The summed E-state index contributed by atoms with van der Waals surface area (Å²) >= 11 is 0. The number of ether oxygens (including phenoxy) is 1. The standard InChI is InChI=1S/C20H19NO4/c1-3-14-10-20(23)25-18-11-16(8-9-17(14)18)24-12-19(22)21-15-6-4-13(2)5-7-15/h4-11H,3,12H2,1-2H3,(H,21,22). The quantitative estimate of drug-likeness (QED) is 0.721. The first-order valence-electron chi connectivity index (χ1n) is 8.11. The highest BCUT2D eigenvalue weighted by Crippen LogP contribution is 2.23. The lowest BCUT2D eigenvalue weighted by Gasteiger charge is -2.09. The molecule has 0 spiro atoms. The van der Waals surface area contributed by atoms with Crippen molar-refractivity contribution in [2.24, 2.45) is 0 Å². The van der Waals surface area contributed by atoms with Gasteiger partial charge in [-0.25, -0.2) is 4.79 Å². The molecular weight excluding hydrogens is 318 g/mol. The molecule has 3 rings (SSSR count). The van der Waals surface area contributed by atoms with E-state index in [0.717, 1.165) is 28.6 Å². The van der Waals surface area contributed by atoms with E-state index in [1.54, 1.807) is 12.1 Å². The van der Waals surface area contributed by atoms with Crippen LogP contribution in [0.5, 0.6) is 5.75 Å². The van der Waals surface area contributed by atoms with Gasteiger partial charge in [0.15, 0.2) is 6.61 Å². The molecule has 0 atom stereocenters. The van der Waals surface area contributed by atoms with Gasteiger partial charge < -0.3 is 14.5 Å². The number of benzene rings is 2. The average Bonchev–Trinajstić information content (AvgIpc) is 2.60. The summed E-state index contributed by atoms with van der Waals surface area (Å²) in [6.45, 7) is 3.84. The van der Waals surface area contributed by atoms with E-state index in [1.807, 2.05) is 44.2 Å². The minimum atomic E-state index is -0.390. The van der Waals surface area contributed by atoms with Crippen LogP contribution in [0.4, 0.5) is 5.69 Å². The molecule has 0 fully saturated rings. The van der Waals surface area contributed by atoms with Crippen molar-refractivity contribution in [3.63, 3.8) is 0 Å². The SMILES string of the molecule is CCc1cc(=O)oc2cc(OCC(=O)Nc3ccc(C)cc3)ccc12. The number of carbonyl (C=O) groups excluding carboxylic acids is 1. The monoisotopic (exact) mass is 337 g/mol. The average molecular weight is 337 g/mol. The smallest absolute Gasteiger partial charge is 0.336 e. The van der Waals surface area contributed by atoms with E-state index in [0.29, 0.717) is 11.3 Å². The van der Waals surface area contributed by atoms with Crippen LogP contribution >= 0.6 is 0 Å². The van der Waals surface area contributed by atoms with E-state index >= 15 is 0 Å². The predicted octanol–water partition coefficient (Wildman–Crippen LogP) is 3.68. The summed E-state index contributed by atoms with van der Waals surface area (Å²) in [6, 6.07) is 14.3. The zero-order valence-electron chi connectivity index (χ0n) is 14.2. The van der Waals surface area contributed by atoms with Gasteiger partial charge in [0.05, 0.1) is 0 Å². The third kappa shape index (κ3) is 4.07. The second-order valence-electron chi connectivity index (χ2n) is 5.81. The maximum Gasteiger partial charge on any atom is 0.336 e. The number of nitrogens with one attached hydrogen (secondary N) is 1. The fraction of sp³-hybridized carbons (Fsp3) is 0.200. The number of hydrogen-bond acceptors (Lipinski definition) is 4. The van der Waals surface area contributed by atoms with Crippen molar-refractivity contribution in [3.8, 4) is 5.75 Å². The minimum absolute atomic E-state index is 0.128. The Bertz CT molecular complexity index is 958. The van der Waals surface area contributed by atoms with Crippen LogP contribution in [0.15, 0.2) is 57.7 Å². The van der Waals surface area contributed by atoms with Gasteiger partial charge in [0.1, 0.15) is 11.3 Å². The second kappa shape index (κ2) is 7.21. The molecule has 0 aliphatic rings. The van der Waals surface area contributed by atoms with Gasteiger partial charge in [-0.1, -0.05) is 24.6 Å². The number of anilines is 1. The first kappa shape index (κ1) is 16.8. The summed E-state index contributed by atoms with van der Waals surface area (Å²) in [5, 5.41) is 3.64. The molecule has 1 N–H and O–H groups in total. The molecule has 25 heavy (non-hydrogen) atoms. The van der Waals surface area contributed by atoms with Gasteiger partial charge in [0.2, 0.25) is 0 Å². The third-order valence-corrected chi connectivity index (χ3v) is 3.89. The Morgan fingerprint density at radius 2 is 1.88 bits per heavy atom. The van der Waals surface area contributed by atoms with Crippen LogP contribution in [-0.4, -0.2) is 12.5 Å². The summed E-state index contributed by atoms with van der Waals surface area (Å²) in [6.07, 6.45) is 0.737. The summed E-state index contributed by atoms with van der Waals surface area (Å²) < 4.78 is 10.7. The molecule has 0 saturated heterocycles. The molecule has 0 saturated carbocycles. The molecule has 1 aromatic heterocycles. The topological polar surface area (TPSA) is 68.5 Å². The molecule has 0 unspecified atom stereocenters. The lowest BCUT2D eigenvalue weighted by atomic mass is 10.1. The van der Waals surface area contributed by atoms with Gasteiger partial charge in [-0.2, -0.15) is 0 Å². The van der Waals surface area contributed by atoms with E-state index < -0.39 is 5.63 Å². The number of aryl methyl sites for hydroxylation is 2. The predicted molar refractivity (Wildman–Crippen MR) is 97.2 cm³/mol. The first-order valence-corrected chi connectivity index (χ1v) is 8.11. The zero-order chi connectivity index (χ0) is 17.8. The van der Waals surface area contributed by atoms with Crippen LogP contribution in [0.3, 0.4) is 0 Å². The fourth-order valence-electron chi connectivity index (χ4n) is 2.58. The van der Waals surface area contributed by atoms with Gasteiger partial charge in [0, 0.05) is 23.2 Å². The molecule has 5 nitrogen and oxygen atoms in total. The molecule has 0 radical (unpaired) electrons. The summed E-state index contributed by atoms with van der Waals surface area (Å²) in [4.78, 5) is 23.6. The molecule has 0 bridgehead atoms. The Morgan fingerprint density at radius 1 is 1.12 bits per heavy atom. The third-order valence-electron chi connectivity index (χ3n) is 3.89. The van der Waals surface area contributed by atoms with Crippen molar-refractivity contribution in [3.05, 3.63) is 70.1 Å². The molecule has 5 heteroatoms. The van der Waals surface area contributed by atoms with Crippen LogP contribution in [-0.2, 0) is 11.2 Å². The highest BCUT2D eigenvalue weighted by atomic mass is 16.5. The van der Waals surface area contributed by atoms with Crippen molar-refractivity contribution < 1.29 is 13.9 Å². The number of fused-ring (bicyclic) bond motifs is 1. The van der Waals surface area contributed by atoms with Gasteiger partial charge >= 0.3 is 5.63 Å². The normalized spacial score (nSPS) is 10.6. The number of hydrogen-bond donors (Lipinski definition) is 1. The Kier molecular flexibility index (Phi) is 4.84. The van der Waals surface area contributed by atoms with Gasteiger partial charge in [-0.05, 0) is 43.2 Å². The number of carbonyl (C=O) groups is 1. The molecule has 2 aromatic carbocycles. The van der Waals surface area contributed by atoms with E-state index in [4.69, 9.17) is 9.15 Å². The number of amides is 1. The fourth-order valence-corrected chi connectivity index (χ4v) is 2.58. The van der Waals surface area contributed by atoms with Gasteiger partial charge in [-0.15, -0.1) is 0 Å². The van der Waals surface area contributed by atoms with Crippen molar-refractivity contribution in [2.45, 2.75) is 20.3 Å². The van der Waals surface area contributed by atoms with Crippen LogP contribution in [0.2, 0.25) is 0 Å². The summed E-state index contributed by atoms with van der Waals surface area (Å²) in [7, 11) is 0. The van der Waals surface area contributed by atoms with Crippen LogP contribution in [0, 0.1) is 6.92 Å². The van der Waals surface area contributed by atoms with Gasteiger partial charge in [-0.3, -0.25) is 4.79 Å². The van der Waals surface area contributed by atoms with E-state index in [9.17, 15) is 9.59 Å². The lowest BCUT2D eigenvalue weighted by Crippen LogP contribution is -2.20. The van der Waals surface area contributed by atoms with Crippen molar-refractivity contribution in [2.75, 3.05) is 11.9 Å². The molecule has 1 heterocycles. The Balaban J connectivity index is 1.69. The maximum absolute atomic E-state index is 12.0. The minimum Gasteiger partial charge on any atom is -0.484 e. The Morgan fingerprint density at radius 3 is 2.60 bits per heavy atom. The zero-order valence-corrected chi connectivity index (χ0v) is 14.2. The largest absolute Gasteiger partial charge is 0.484 e. The molecule has 3 aromatic rings.